The van der Waals surface area contributed by atoms with E-state index in [9.17, 15) is 4.79 Å². The van der Waals surface area contributed by atoms with Crippen molar-refractivity contribution in [3.63, 3.8) is 0 Å². The van der Waals surface area contributed by atoms with E-state index in [1.54, 1.807) is 12.1 Å². The Balaban J connectivity index is 1.60. The summed E-state index contributed by atoms with van der Waals surface area (Å²) in [5, 5.41) is 0. The summed E-state index contributed by atoms with van der Waals surface area (Å²) >= 11 is 0. The van der Waals surface area contributed by atoms with Crippen LogP contribution >= 0.6 is 0 Å². The lowest BCUT2D eigenvalue weighted by Gasteiger charge is -2.13. The predicted octanol–water partition coefficient (Wildman–Crippen LogP) is 8.70. The topological polar surface area (TPSA) is 83.7 Å². The number of carbonyl (C=O) groups excluding carboxylic acids is 1. The van der Waals surface area contributed by atoms with Crippen molar-refractivity contribution >= 4 is 52.3 Å². The highest BCUT2D eigenvalue weighted by atomic mass is 16.5. The number of rotatable bonds is 3. The van der Waals surface area contributed by atoms with E-state index in [0.717, 1.165) is 61.5 Å². The first-order valence-corrected chi connectivity index (χ1v) is 14.2. The Kier molecular flexibility index (Phi) is 6.39. The lowest BCUT2D eigenvalue weighted by Crippen LogP contribution is -2.00. The standard InChI is InChI=1S/C37H30N4O2/c1-21-17-22(2)34(23(3)18-21)36-32-14-12-29(40-32)20-27-10-9-26(38-27)19-28-11-13-30(39-28)35(31-15-16-33(36)41-31)24-5-7-25(8-6-24)37(42)43-4/h5-20,39-40H,1-4H3. The van der Waals surface area contributed by atoms with Gasteiger partial charge in [-0.15, -0.1) is 0 Å². The number of benzene rings is 2. The summed E-state index contributed by atoms with van der Waals surface area (Å²) in [5.41, 5.74) is 15.5. The molecule has 210 valence electrons. The molecule has 2 aliphatic rings. The number of esters is 1. The molecule has 5 aromatic rings. The average molecular weight is 563 g/mol. The SMILES string of the molecule is COC(=O)c1ccc(-c2c3nc(c(-c4c(C)cc(C)cc4C)c4ccc(cc5nc(cc6ccc2[nH]6)C=C5)[nH]4)C=C3)cc1. The molecule has 7 rings (SSSR count). The minimum Gasteiger partial charge on any atom is -0.465 e. The van der Waals surface area contributed by atoms with Gasteiger partial charge in [0, 0.05) is 33.2 Å². The molecule has 6 heteroatoms. The van der Waals surface area contributed by atoms with Gasteiger partial charge in [0.2, 0.25) is 0 Å². The van der Waals surface area contributed by atoms with Gasteiger partial charge < -0.3 is 14.7 Å². The highest BCUT2D eigenvalue weighted by molar-refractivity contribution is 5.97. The molecule has 0 unspecified atom stereocenters. The predicted molar refractivity (Wildman–Crippen MR) is 175 cm³/mol. The van der Waals surface area contributed by atoms with Crippen molar-refractivity contribution in [3.05, 3.63) is 118 Å². The van der Waals surface area contributed by atoms with Gasteiger partial charge in [0.15, 0.2) is 0 Å². The van der Waals surface area contributed by atoms with Gasteiger partial charge in [0.05, 0.1) is 35.4 Å². The average Bonchev–Trinajstić information content (AvgIpc) is 3.81. The van der Waals surface area contributed by atoms with Gasteiger partial charge in [-0.3, -0.25) is 0 Å². The molecule has 0 atom stereocenters. The molecule has 0 spiro atoms. The molecule has 8 bridgehead atoms. The highest BCUT2D eigenvalue weighted by Crippen LogP contribution is 2.37. The molecule has 0 aliphatic carbocycles. The van der Waals surface area contributed by atoms with Crippen molar-refractivity contribution in [2.24, 2.45) is 0 Å². The van der Waals surface area contributed by atoms with Crippen molar-refractivity contribution in [3.8, 4) is 22.3 Å². The normalized spacial score (nSPS) is 12.1. The van der Waals surface area contributed by atoms with Gasteiger partial charge in [0.25, 0.3) is 0 Å². The molecular formula is C37H30N4O2. The molecule has 3 aromatic heterocycles. The van der Waals surface area contributed by atoms with Crippen LogP contribution in [0.3, 0.4) is 0 Å². The summed E-state index contributed by atoms with van der Waals surface area (Å²) in [6.07, 6.45) is 8.21. The lowest BCUT2D eigenvalue weighted by atomic mass is 9.92. The molecule has 0 amide bonds. The van der Waals surface area contributed by atoms with Crippen LogP contribution in [-0.2, 0) is 4.74 Å². The fourth-order valence-corrected chi connectivity index (χ4v) is 6.11. The van der Waals surface area contributed by atoms with Crippen molar-refractivity contribution in [1.29, 1.82) is 0 Å². The maximum Gasteiger partial charge on any atom is 0.337 e. The number of aromatic amines is 2. The van der Waals surface area contributed by atoms with Gasteiger partial charge >= 0.3 is 5.97 Å². The van der Waals surface area contributed by atoms with E-state index in [2.05, 4.69) is 79.3 Å². The van der Waals surface area contributed by atoms with E-state index in [-0.39, 0.29) is 5.97 Å². The second kappa shape index (κ2) is 10.4. The van der Waals surface area contributed by atoms with Crippen LogP contribution in [0, 0.1) is 20.8 Å². The zero-order chi connectivity index (χ0) is 29.7. The van der Waals surface area contributed by atoms with Crippen molar-refractivity contribution in [2.75, 3.05) is 7.11 Å². The number of hydrogen-bond donors (Lipinski definition) is 2. The van der Waals surface area contributed by atoms with E-state index in [0.29, 0.717) is 5.56 Å². The number of aryl methyl sites for hydroxylation is 3. The van der Waals surface area contributed by atoms with E-state index >= 15 is 0 Å². The Morgan fingerprint density at radius 1 is 0.628 bits per heavy atom. The highest BCUT2D eigenvalue weighted by Gasteiger charge is 2.18. The van der Waals surface area contributed by atoms with Crippen molar-refractivity contribution < 1.29 is 9.53 Å². The van der Waals surface area contributed by atoms with Crippen LogP contribution < -0.4 is 0 Å². The van der Waals surface area contributed by atoms with Crippen molar-refractivity contribution in [1.82, 2.24) is 19.9 Å². The van der Waals surface area contributed by atoms with Crippen LogP contribution in [0.25, 0.3) is 68.6 Å². The minimum absolute atomic E-state index is 0.368. The van der Waals surface area contributed by atoms with Crippen LogP contribution in [0.15, 0.2) is 72.8 Å². The first kappa shape index (κ1) is 26.4. The molecule has 2 N–H and O–H groups in total. The molecule has 5 heterocycles. The molecule has 0 fully saturated rings. The second-order valence-electron chi connectivity index (χ2n) is 11.0. The number of H-pyrrole nitrogens is 2. The van der Waals surface area contributed by atoms with Crippen molar-refractivity contribution in [2.45, 2.75) is 20.8 Å². The molecule has 0 radical (unpaired) electrons. The number of nitrogens with one attached hydrogen (secondary N) is 2. The van der Waals surface area contributed by atoms with Crippen LogP contribution in [0.1, 0.15) is 49.8 Å². The summed E-state index contributed by atoms with van der Waals surface area (Å²) in [6.45, 7) is 6.45. The smallest absolute Gasteiger partial charge is 0.337 e. The molecular weight excluding hydrogens is 532 g/mol. The summed E-state index contributed by atoms with van der Waals surface area (Å²) in [7, 11) is 1.39. The van der Waals surface area contributed by atoms with Crippen LogP contribution in [-0.4, -0.2) is 33.0 Å². The van der Waals surface area contributed by atoms with E-state index in [1.807, 2.05) is 36.4 Å². The quantitative estimate of drug-likeness (QED) is 0.211. The van der Waals surface area contributed by atoms with Gasteiger partial charge in [-0.05, 0) is 116 Å². The fourth-order valence-electron chi connectivity index (χ4n) is 6.11. The Morgan fingerprint density at radius 3 is 1.77 bits per heavy atom. The first-order valence-electron chi connectivity index (χ1n) is 14.2. The van der Waals surface area contributed by atoms with Crippen LogP contribution in [0.5, 0.6) is 0 Å². The third-order valence-corrected chi connectivity index (χ3v) is 7.92. The summed E-state index contributed by atoms with van der Waals surface area (Å²) in [5.74, 6) is -0.368. The number of ether oxygens (including phenoxy) is 1. The zero-order valence-electron chi connectivity index (χ0n) is 24.4. The number of carbonyl (C=O) groups is 1. The van der Waals surface area contributed by atoms with E-state index < -0.39 is 0 Å². The molecule has 2 aromatic carbocycles. The maximum absolute atomic E-state index is 12.2. The molecule has 2 aliphatic heterocycles. The van der Waals surface area contributed by atoms with E-state index in [1.165, 1.54) is 29.4 Å². The van der Waals surface area contributed by atoms with Gasteiger partial charge in [0.1, 0.15) is 0 Å². The van der Waals surface area contributed by atoms with Gasteiger partial charge in [-0.25, -0.2) is 14.8 Å². The van der Waals surface area contributed by atoms with Gasteiger partial charge in [-0.2, -0.15) is 0 Å². The summed E-state index contributed by atoms with van der Waals surface area (Å²) in [6, 6.07) is 24.3. The monoisotopic (exact) mass is 562 g/mol. The Bertz CT molecular complexity index is 2140. The van der Waals surface area contributed by atoms with Gasteiger partial charge in [-0.1, -0.05) is 29.8 Å². The molecule has 6 nitrogen and oxygen atoms in total. The number of aromatic nitrogens is 4. The lowest BCUT2D eigenvalue weighted by molar-refractivity contribution is 0.0600. The van der Waals surface area contributed by atoms with Crippen LogP contribution in [0.4, 0.5) is 0 Å². The number of nitrogens with zero attached hydrogens (tertiary/aromatic N) is 2. The minimum atomic E-state index is -0.368. The second-order valence-corrected chi connectivity index (χ2v) is 11.0. The molecule has 0 saturated carbocycles. The molecule has 0 saturated heterocycles. The Labute approximate surface area is 249 Å². The van der Waals surface area contributed by atoms with E-state index in [4.69, 9.17) is 14.7 Å². The number of methoxy groups -OCH3 is 1. The third kappa shape index (κ3) is 4.87. The molecule has 43 heavy (non-hydrogen) atoms. The summed E-state index contributed by atoms with van der Waals surface area (Å²) < 4.78 is 4.92. The maximum atomic E-state index is 12.2. The number of hydrogen-bond acceptors (Lipinski definition) is 4. The first-order chi connectivity index (χ1) is 20.9. The fraction of sp³-hybridized carbons (Fsp3) is 0.108. The Hall–Kier alpha value is -5.49. The largest absolute Gasteiger partial charge is 0.465 e. The zero-order valence-corrected chi connectivity index (χ0v) is 24.4. The third-order valence-electron chi connectivity index (χ3n) is 7.92. The number of fused-ring (bicyclic) bond motifs is 8. The summed E-state index contributed by atoms with van der Waals surface area (Å²) in [4.78, 5) is 29.5. The Morgan fingerprint density at radius 2 is 1.19 bits per heavy atom. The van der Waals surface area contributed by atoms with Crippen LogP contribution in [0.2, 0.25) is 0 Å².